The molecule has 1 aliphatic heterocycles. The van der Waals surface area contributed by atoms with Crippen molar-refractivity contribution in [2.75, 3.05) is 11.1 Å². The minimum absolute atomic E-state index is 0.180. The molecule has 0 bridgehead atoms. The van der Waals surface area contributed by atoms with E-state index in [4.69, 9.17) is 5.26 Å². The number of nitrogens with zero attached hydrogens (tertiary/aromatic N) is 1. The van der Waals surface area contributed by atoms with Gasteiger partial charge in [0.05, 0.1) is 17.2 Å². The van der Waals surface area contributed by atoms with E-state index in [0.29, 0.717) is 10.9 Å². The third kappa shape index (κ3) is 3.16. The van der Waals surface area contributed by atoms with Gasteiger partial charge in [0.2, 0.25) is 0 Å². The van der Waals surface area contributed by atoms with Crippen LogP contribution in [0.5, 0.6) is 0 Å². The van der Waals surface area contributed by atoms with E-state index in [1.807, 2.05) is 0 Å². The van der Waals surface area contributed by atoms with Crippen molar-refractivity contribution < 1.29 is 13.2 Å². The molecule has 19 heavy (non-hydrogen) atoms. The predicted molar refractivity (Wildman–Crippen MR) is 70.1 cm³/mol. The van der Waals surface area contributed by atoms with Gasteiger partial charge in [0.15, 0.2) is 0 Å². The molecule has 0 amide bonds. The lowest BCUT2D eigenvalue weighted by molar-refractivity contribution is -0.137. The lowest BCUT2D eigenvalue weighted by atomic mass is 10.1. The number of rotatable bonds is 2. The molecule has 1 aliphatic rings. The van der Waals surface area contributed by atoms with Crippen LogP contribution in [0.4, 0.5) is 18.9 Å². The Bertz CT molecular complexity index is 508. The lowest BCUT2D eigenvalue weighted by Gasteiger charge is -2.19. The van der Waals surface area contributed by atoms with Crippen LogP contribution in [0.25, 0.3) is 0 Å². The van der Waals surface area contributed by atoms with Gasteiger partial charge in [0, 0.05) is 17.0 Å². The maximum absolute atomic E-state index is 12.8. The third-order valence-corrected chi connectivity index (χ3v) is 4.50. The number of alkyl halides is 3. The molecule has 0 saturated carbocycles. The second-order valence-electron chi connectivity index (χ2n) is 4.49. The van der Waals surface area contributed by atoms with Crippen LogP contribution in [0.2, 0.25) is 0 Å². The molecule has 2 rings (SSSR count). The second-order valence-corrected chi connectivity index (χ2v) is 5.97. The number of thioether (sulfide) groups is 1. The van der Waals surface area contributed by atoms with Crippen LogP contribution in [-0.4, -0.2) is 17.0 Å². The number of halogens is 3. The fourth-order valence-electron chi connectivity index (χ4n) is 2.10. The highest BCUT2D eigenvalue weighted by molar-refractivity contribution is 8.00. The molecule has 0 aromatic heterocycles. The van der Waals surface area contributed by atoms with Crippen LogP contribution in [0.1, 0.15) is 24.5 Å². The number of hydrogen-bond acceptors (Lipinski definition) is 3. The van der Waals surface area contributed by atoms with Gasteiger partial charge in [-0.3, -0.25) is 0 Å². The first-order valence-electron chi connectivity index (χ1n) is 5.91. The van der Waals surface area contributed by atoms with Gasteiger partial charge < -0.3 is 5.32 Å². The number of benzene rings is 1. The zero-order valence-corrected chi connectivity index (χ0v) is 11.1. The Labute approximate surface area is 114 Å². The van der Waals surface area contributed by atoms with E-state index in [-0.39, 0.29) is 11.6 Å². The highest BCUT2D eigenvalue weighted by atomic mass is 32.2. The van der Waals surface area contributed by atoms with Crippen LogP contribution >= 0.6 is 11.8 Å². The average molecular weight is 286 g/mol. The Morgan fingerprint density at radius 2 is 2.16 bits per heavy atom. The minimum Gasteiger partial charge on any atom is -0.381 e. The van der Waals surface area contributed by atoms with E-state index in [2.05, 4.69) is 12.2 Å². The summed E-state index contributed by atoms with van der Waals surface area (Å²) in [7, 11) is 0. The van der Waals surface area contributed by atoms with Gasteiger partial charge >= 0.3 is 6.18 Å². The number of nitrogens with one attached hydrogen (secondary N) is 1. The fraction of sp³-hybridized carbons (Fsp3) is 0.462. The minimum atomic E-state index is -4.50. The summed E-state index contributed by atoms with van der Waals surface area (Å²) >= 11 is 1.80. The summed E-state index contributed by atoms with van der Waals surface area (Å²) in [6, 6.07) is 5.53. The van der Waals surface area contributed by atoms with E-state index >= 15 is 0 Å². The molecule has 2 unspecified atom stereocenters. The number of anilines is 1. The molecule has 1 aromatic rings. The van der Waals surface area contributed by atoms with E-state index < -0.39 is 11.7 Å². The van der Waals surface area contributed by atoms with Crippen LogP contribution in [0, 0.1) is 11.3 Å². The Morgan fingerprint density at radius 3 is 2.68 bits per heavy atom. The summed E-state index contributed by atoms with van der Waals surface area (Å²) in [5, 5.41) is 12.2. The van der Waals surface area contributed by atoms with E-state index in [1.165, 1.54) is 12.1 Å². The van der Waals surface area contributed by atoms with Crippen molar-refractivity contribution >= 4 is 17.4 Å². The summed E-state index contributed by atoms with van der Waals surface area (Å²) in [5.74, 6) is 1.02. The lowest BCUT2D eigenvalue weighted by Crippen LogP contribution is -2.25. The molecule has 1 N–H and O–H groups in total. The van der Waals surface area contributed by atoms with Crippen LogP contribution in [-0.2, 0) is 6.18 Å². The Morgan fingerprint density at radius 1 is 1.42 bits per heavy atom. The molecular weight excluding hydrogens is 273 g/mol. The molecule has 2 atom stereocenters. The molecule has 0 aliphatic carbocycles. The second kappa shape index (κ2) is 5.33. The van der Waals surface area contributed by atoms with Gasteiger partial charge in [0.1, 0.15) is 0 Å². The SMILES string of the molecule is CC1SCCC1Nc1ccc(C#N)c(C(F)(F)F)c1. The predicted octanol–water partition coefficient (Wildman–Crippen LogP) is 3.88. The first kappa shape index (κ1) is 14.1. The fourth-order valence-corrected chi connectivity index (χ4v) is 3.30. The topological polar surface area (TPSA) is 35.8 Å². The van der Waals surface area contributed by atoms with Gasteiger partial charge in [-0.25, -0.2) is 0 Å². The van der Waals surface area contributed by atoms with E-state index in [0.717, 1.165) is 18.2 Å². The van der Waals surface area contributed by atoms with Crippen LogP contribution in [0.15, 0.2) is 18.2 Å². The Balaban J connectivity index is 2.26. The maximum Gasteiger partial charge on any atom is 0.417 e. The summed E-state index contributed by atoms with van der Waals surface area (Å²) in [4.78, 5) is 0. The van der Waals surface area contributed by atoms with Crippen molar-refractivity contribution in [3.63, 3.8) is 0 Å². The van der Waals surface area contributed by atoms with Crippen LogP contribution in [0.3, 0.4) is 0 Å². The standard InChI is InChI=1S/C13H13F3N2S/c1-8-12(4-5-19-8)18-10-3-2-9(7-17)11(6-10)13(14,15)16/h2-3,6,8,12,18H,4-5H2,1H3. The highest BCUT2D eigenvalue weighted by Gasteiger charge is 2.34. The van der Waals surface area contributed by atoms with Gasteiger partial charge in [-0.1, -0.05) is 6.92 Å². The van der Waals surface area contributed by atoms with Crippen molar-refractivity contribution in [1.82, 2.24) is 0 Å². The first-order valence-corrected chi connectivity index (χ1v) is 6.96. The summed E-state index contributed by atoms with van der Waals surface area (Å²) < 4.78 is 38.5. The van der Waals surface area contributed by atoms with Crippen molar-refractivity contribution in [2.24, 2.45) is 0 Å². The molecule has 102 valence electrons. The molecule has 0 spiro atoms. The van der Waals surface area contributed by atoms with Crippen LogP contribution < -0.4 is 5.32 Å². The smallest absolute Gasteiger partial charge is 0.381 e. The maximum atomic E-state index is 12.8. The normalized spacial score (nSPS) is 23.1. The monoisotopic (exact) mass is 286 g/mol. The number of hydrogen-bond donors (Lipinski definition) is 1. The summed E-state index contributed by atoms with van der Waals surface area (Å²) in [5.41, 5.74) is -0.795. The summed E-state index contributed by atoms with van der Waals surface area (Å²) in [6.45, 7) is 2.06. The summed E-state index contributed by atoms with van der Waals surface area (Å²) in [6.07, 6.45) is -3.56. The first-order chi connectivity index (χ1) is 8.91. The largest absolute Gasteiger partial charge is 0.417 e. The molecule has 2 nitrogen and oxygen atoms in total. The Kier molecular flexibility index (Phi) is 3.95. The molecule has 1 heterocycles. The quantitative estimate of drug-likeness (QED) is 0.896. The molecule has 1 aromatic carbocycles. The van der Waals surface area contributed by atoms with Crippen molar-refractivity contribution in [3.8, 4) is 6.07 Å². The van der Waals surface area contributed by atoms with Gasteiger partial charge in [-0.15, -0.1) is 0 Å². The van der Waals surface area contributed by atoms with Gasteiger partial charge in [0.25, 0.3) is 0 Å². The van der Waals surface area contributed by atoms with E-state index in [1.54, 1.807) is 17.8 Å². The zero-order valence-electron chi connectivity index (χ0n) is 10.3. The molecule has 6 heteroatoms. The Hall–Kier alpha value is -1.35. The van der Waals surface area contributed by atoms with Crippen molar-refractivity contribution in [3.05, 3.63) is 29.3 Å². The van der Waals surface area contributed by atoms with Crippen molar-refractivity contribution in [1.29, 1.82) is 5.26 Å². The molecule has 1 saturated heterocycles. The average Bonchev–Trinajstić information content (AvgIpc) is 2.74. The van der Waals surface area contributed by atoms with Crippen molar-refractivity contribution in [2.45, 2.75) is 30.8 Å². The third-order valence-electron chi connectivity index (χ3n) is 3.17. The number of nitriles is 1. The molecular formula is C13H13F3N2S. The van der Waals surface area contributed by atoms with E-state index in [9.17, 15) is 13.2 Å². The molecule has 0 radical (unpaired) electrons. The highest BCUT2D eigenvalue weighted by Crippen LogP contribution is 2.35. The van der Waals surface area contributed by atoms with Gasteiger partial charge in [-0.05, 0) is 30.4 Å². The molecule has 1 fully saturated rings. The zero-order chi connectivity index (χ0) is 14.0. The van der Waals surface area contributed by atoms with Gasteiger partial charge in [-0.2, -0.15) is 30.2 Å².